The summed E-state index contributed by atoms with van der Waals surface area (Å²) in [4.78, 5) is 29.6. The Morgan fingerprint density at radius 2 is 1.66 bits per heavy atom. The zero-order valence-electron chi connectivity index (χ0n) is 24.3. The first-order valence-corrected chi connectivity index (χ1v) is 16.3. The summed E-state index contributed by atoms with van der Waals surface area (Å²) in [6.45, 7) is 8.04. The molecule has 0 saturated heterocycles. The van der Waals surface area contributed by atoms with Gasteiger partial charge in [-0.05, 0) is 87.5 Å². The third-order valence-corrected chi connectivity index (χ3v) is 9.07. The maximum absolute atomic E-state index is 14.1. The van der Waals surface area contributed by atoms with E-state index in [4.69, 9.17) is 4.74 Å². The van der Waals surface area contributed by atoms with Crippen LogP contribution in [-0.4, -0.2) is 57.1 Å². The van der Waals surface area contributed by atoms with Gasteiger partial charge in [-0.3, -0.25) is 13.9 Å². The Labute approximate surface area is 248 Å². The van der Waals surface area contributed by atoms with Crippen LogP contribution < -0.4 is 14.4 Å². The van der Waals surface area contributed by atoms with Gasteiger partial charge >= 0.3 is 0 Å². The fourth-order valence-corrected chi connectivity index (χ4v) is 6.32. The van der Waals surface area contributed by atoms with Gasteiger partial charge in [-0.2, -0.15) is 0 Å². The number of benzene rings is 3. The second-order valence-electron chi connectivity index (χ2n) is 9.44. The lowest BCUT2D eigenvalue weighted by molar-refractivity contribution is -0.140. The van der Waals surface area contributed by atoms with Gasteiger partial charge in [0.15, 0.2) is 0 Å². The number of nitrogens with one attached hydrogen (secondary N) is 1. The molecule has 0 fully saturated rings. The predicted octanol–water partition coefficient (Wildman–Crippen LogP) is 5.25. The number of amides is 2. The van der Waals surface area contributed by atoms with Crippen LogP contribution in [0.4, 0.5) is 5.69 Å². The van der Waals surface area contributed by atoms with Crippen LogP contribution >= 0.6 is 11.8 Å². The smallest absolute Gasteiger partial charge is 0.264 e. The molecule has 8 nitrogen and oxygen atoms in total. The summed E-state index contributed by atoms with van der Waals surface area (Å²) in [7, 11) is -4.14. The standard InChI is InChI=1S/C31H39N3O5S2/c1-6-29(31(36)32-7-2)33(21-24-11-9-10-23(4)20-24)30(35)22-34(25-12-14-26(15-13-25)39-8-3)41(37,38)28-18-16-27(40-5)17-19-28/h9-20,29H,6-8,21-22H2,1-5H3,(H,32,36)/t29-/m0/s1. The van der Waals surface area contributed by atoms with Crippen LogP contribution in [0.5, 0.6) is 5.75 Å². The van der Waals surface area contributed by atoms with Crippen molar-refractivity contribution < 1.29 is 22.7 Å². The molecule has 1 N–H and O–H groups in total. The van der Waals surface area contributed by atoms with Crippen LogP contribution in [0.25, 0.3) is 0 Å². The van der Waals surface area contributed by atoms with E-state index in [2.05, 4.69) is 5.32 Å². The second-order valence-corrected chi connectivity index (χ2v) is 12.2. The summed E-state index contributed by atoms with van der Waals surface area (Å²) in [5.41, 5.74) is 2.19. The largest absolute Gasteiger partial charge is 0.494 e. The Hall–Kier alpha value is -3.50. The van der Waals surface area contributed by atoms with E-state index in [0.29, 0.717) is 31.0 Å². The van der Waals surface area contributed by atoms with E-state index in [-0.39, 0.29) is 17.3 Å². The summed E-state index contributed by atoms with van der Waals surface area (Å²) in [6.07, 6.45) is 2.28. The highest BCUT2D eigenvalue weighted by molar-refractivity contribution is 7.98. The van der Waals surface area contributed by atoms with Crippen molar-refractivity contribution >= 4 is 39.3 Å². The average Bonchev–Trinajstić information content (AvgIpc) is 2.96. The SMILES string of the molecule is CCNC(=O)[C@H](CC)N(Cc1cccc(C)c1)C(=O)CN(c1ccc(OCC)cc1)S(=O)(=O)c1ccc(SC)cc1. The first-order chi connectivity index (χ1) is 19.6. The van der Waals surface area contributed by atoms with Gasteiger partial charge in [-0.15, -0.1) is 11.8 Å². The van der Waals surface area contributed by atoms with Crippen molar-refractivity contribution in [2.24, 2.45) is 0 Å². The summed E-state index contributed by atoms with van der Waals surface area (Å²) in [6, 6.07) is 20.1. The van der Waals surface area contributed by atoms with Crippen LogP contribution in [-0.2, 0) is 26.2 Å². The summed E-state index contributed by atoms with van der Waals surface area (Å²) in [5.74, 6) is -0.172. The average molecular weight is 598 g/mol. The van der Waals surface area contributed by atoms with E-state index in [1.807, 2.05) is 58.2 Å². The lowest BCUT2D eigenvalue weighted by atomic mass is 10.1. The van der Waals surface area contributed by atoms with Crippen molar-refractivity contribution in [2.75, 3.05) is 30.3 Å². The monoisotopic (exact) mass is 597 g/mol. The fraction of sp³-hybridized carbons (Fsp3) is 0.355. The van der Waals surface area contributed by atoms with Gasteiger partial charge < -0.3 is 15.0 Å². The maximum atomic E-state index is 14.1. The number of hydrogen-bond acceptors (Lipinski definition) is 6. The van der Waals surface area contributed by atoms with Crippen LogP contribution in [0.3, 0.4) is 0 Å². The van der Waals surface area contributed by atoms with Gasteiger partial charge in [0.2, 0.25) is 11.8 Å². The molecule has 0 radical (unpaired) electrons. The number of nitrogens with zero attached hydrogens (tertiary/aromatic N) is 2. The minimum Gasteiger partial charge on any atom is -0.494 e. The van der Waals surface area contributed by atoms with Crippen LogP contribution in [0, 0.1) is 6.92 Å². The number of hydrogen-bond donors (Lipinski definition) is 1. The molecular weight excluding hydrogens is 558 g/mol. The number of aryl methyl sites for hydroxylation is 1. The molecule has 3 rings (SSSR count). The minimum absolute atomic E-state index is 0.0676. The van der Waals surface area contributed by atoms with Crippen LogP contribution in [0.2, 0.25) is 0 Å². The number of rotatable bonds is 14. The summed E-state index contributed by atoms with van der Waals surface area (Å²) < 4.78 is 34.7. The van der Waals surface area contributed by atoms with E-state index in [0.717, 1.165) is 20.3 Å². The molecule has 0 aliphatic heterocycles. The molecular formula is C31H39N3O5S2. The van der Waals surface area contributed by atoms with E-state index in [1.165, 1.54) is 16.7 Å². The van der Waals surface area contributed by atoms with Crippen molar-refractivity contribution in [3.05, 3.63) is 83.9 Å². The quantitative estimate of drug-likeness (QED) is 0.255. The third kappa shape index (κ3) is 8.27. The molecule has 220 valence electrons. The van der Waals surface area contributed by atoms with Crippen LogP contribution in [0.15, 0.2) is 82.6 Å². The molecule has 10 heteroatoms. The predicted molar refractivity (Wildman–Crippen MR) is 165 cm³/mol. The number of sulfonamides is 1. The molecule has 0 spiro atoms. The number of carbonyl (C=O) groups is 2. The lowest BCUT2D eigenvalue weighted by Crippen LogP contribution is -2.52. The van der Waals surface area contributed by atoms with E-state index >= 15 is 0 Å². The number of thioether (sulfide) groups is 1. The molecule has 41 heavy (non-hydrogen) atoms. The van der Waals surface area contributed by atoms with Crippen LogP contribution in [0.1, 0.15) is 38.3 Å². The summed E-state index contributed by atoms with van der Waals surface area (Å²) in [5, 5.41) is 2.82. The molecule has 0 bridgehead atoms. The fourth-order valence-electron chi connectivity index (χ4n) is 4.50. The number of ether oxygens (including phenoxy) is 1. The molecule has 2 amide bonds. The van der Waals surface area contributed by atoms with Crippen molar-refractivity contribution in [3.63, 3.8) is 0 Å². The van der Waals surface area contributed by atoms with Crippen molar-refractivity contribution in [1.29, 1.82) is 0 Å². The summed E-state index contributed by atoms with van der Waals surface area (Å²) >= 11 is 1.51. The van der Waals surface area contributed by atoms with Gasteiger partial charge in [0.25, 0.3) is 10.0 Å². The van der Waals surface area contributed by atoms with Crippen molar-refractivity contribution in [2.45, 2.75) is 56.5 Å². The molecule has 0 heterocycles. The van der Waals surface area contributed by atoms with Gasteiger partial charge in [0.05, 0.1) is 17.2 Å². The highest BCUT2D eigenvalue weighted by atomic mass is 32.2. The van der Waals surface area contributed by atoms with E-state index in [9.17, 15) is 18.0 Å². The Morgan fingerprint density at radius 1 is 0.976 bits per heavy atom. The van der Waals surface area contributed by atoms with E-state index in [1.54, 1.807) is 48.5 Å². The van der Waals surface area contributed by atoms with Gasteiger partial charge in [0, 0.05) is 18.0 Å². The normalized spacial score (nSPS) is 11.9. The molecule has 3 aromatic carbocycles. The third-order valence-electron chi connectivity index (χ3n) is 6.53. The topological polar surface area (TPSA) is 96.0 Å². The minimum atomic E-state index is -4.14. The molecule has 0 aromatic heterocycles. The lowest BCUT2D eigenvalue weighted by Gasteiger charge is -2.33. The van der Waals surface area contributed by atoms with Crippen molar-refractivity contribution in [3.8, 4) is 5.75 Å². The second kappa shape index (κ2) is 14.9. The highest BCUT2D eigenvalue weighted by Gasteiger charge is 2.33. The molecule has 1 atom stereocenters. The Bertz CT molecular complexity index is 1410. The number of anilines is 1. The number of carbonyl (C=O) groups excluding carboxylic acids is 2. The van der Waals surface area contributed by atoms with Gasteiger partial charge in [-0.25, -0.2) is 8.42 Å². The molecule has 0 aliphatic carbocycles. The molecule has 0 unspecified atom stereocenters. The Balaban J connectivity index is 2.06. The number of likely N-dealkylation sites (N-methyl/N-ethyl adjacent to an activating group) is 1. The van der Waals surface area contributed by atoms with Gasteiger partial charge in [-0.1, -0.05) is 36.8 Å². The zero-order chi connectivity index (χ0) is 30.0. The maximum Gasteiger partial charge on any atom is 0.264 e. The first kappa shape index (κ1) is 32.0. The molecule has 0 aliphatic rings. The first-order valence-electron chi connectivity index (χ1n) is 13.7. The molecule has 3 aromatic rings. The Kier molecular flexibility index (Phi) is 11.7. The van der Waals surface area contributed by atoms with Gasteiger partial charge in [0.1, 0.15) is 18.3 Å². The van der Waals surface area contributed by atoms with E-state index < -0.39 is 28.5 Å². The Morgan fingerprint density at radius 3 is 2.22 bits per heavy atom. The van der Waals surface area contributed by atoms with Crippen molar-refractivity contribution in [1.82, 2.24) is 10.2 Å². The highest BCUT2D eigenvalue weighted by Crippen LogP contribution is 2.28. The molecule has 0 saturated carbocycles. The zero-order valence-corrected chi connectivity index (χ0v) is 25.9.